The van der Waals surface area contributed by atoms with Crippen molar-refractivity contribution in [1.29, 1.82) is 0 Å². The van der Waals surface area contributed by atoms with Gasteiger partial charge in [-0.3, -0.25) is 0 Å². The van der Waals surface area contributed by atoms with E-state index in [1.54, 1.807) is 0 Å². The van der Waals surface area contributed by atoms with Crippen molar-refractivity contribution >= 4 is 11.6 Å². The Hall–Kier alpha value is -1.10. The van der Waals surface area contributed by atoms with Crippen LogP contribution in [0.15, 0.2) is 0 Å². The fourth-order valence-corrected chi connectivity index (χ4v) is 1.10. The van der Waals surface area contributed by atoms with E-state index in [0.717, 1.165) is 6.42 Å². The smallest absolute Gasteiger partial charge is 0.323 e. The van der Waals surface area contributed by atoms with E-state index < -0.39 is 0 Å². The molecule has 5 nitrogen and oxygen atoms in total. The number of nitrogens with zero attached hydrogens (tertiary/aromatic N) is 3. The second-order valence-electron chi connectivity index (χ2n) is 3.63. The van der Waals surface area contributed by atoms with Crippen molar-refractivity contribution in [2.45, 2.75) is 27.2 Å². The maximum Gasteiger partial charge on any atom is 0.323 e. The molecule has 0 amide bonds. The molecule has 0 aliphatic heterocycles. The van der Waals surface area contributed by atoms with Crippen molar-refractivity contribution in [3.8, 4) is 12.0 Å². The van der Waals surface area contributed by atoms with Crippen molar-refractivity contribution < 1.29 is 9.47 Å². The normalized spacial score (nSPS) is 10.6. The minimum Gasteiger partial charge on any atom is -0.464 e. The van der Waals surface area contributed by atoms with E-state index in [1.165, 1.54) is 0 Å². The Bertz CT molecular complexity index is 334. The standard InChI is InChI=1S/C10H16ClN3O2/c1-4-15-9-12-8(11)13-10(14-9)16-6-5-7(2)3/h7H,4-6H2,1-3H3. The summed E-state index contributed by atoms with van der Waals surface area (Å²) in [4.78, 5) is 11.6. The van der Waals surface area contributed by atoms with E-state index in [9.17, 15) is 0 Å². The van der Waals surface area contributed by atoms with Crippen LogP contribution in [0, 0.1) is 5.92 Å². The van der Waals surface area contributed by atoms with E-state index in [4.69, 9.17) is 21.1 Å². The van der Waals surface area contributed by atoms with Crippen molar-refractivity contribution in [3.05, 3.63) is 5.28 Å². The van der Waals surface area contributed by atoms with Crippen LogP contribution < -0.4 is 9.47 Å². The highest BCUT2D eigenvalue weighted by Gasteiger charge is 2.06. The zero-order valence-corrected chi connectivity index (χ0v) is 10.5. The molecule has 90 valence electrons. The number of rotatable bonds is 6. The minimum atomic E-state index is 0.0815. The minimum absolute atomic E-state index is 0.0815. The van der Waals surface area contributed by atoms with Gasteiger partial charge < -0.3 is 9.47 Å². The fourth-order valence-electron chi connectivity index (χ4n) is 0.959. The average Bonchev–Trinajstić information content (AvgIpc) is 2.16. The van der Waals surface area contributed by atoms with Crippen LogP contribution in [-0.2, 0) is 0 Å². The van der Waals surface area contributed by atoms with Gasteiger partial charge in [-0.05, 0) is 30.9 Å². The molecule has 0 aliphatic carbocycles. The van der Waals surface area contributed by atoms with Gasteiger partial charge in [0.25, 0.3) is 0 Å². The van der Waals surface area contributed by atoms with Gasteiger partial charge in [-0.15, -0.1) is 4.98 Å². The number of aromatic nitrogens is 3. The first kappa shape index (κ1) is 13.0. The third-order valence-corrected chi connectivity index (χ3v) is 1.94. The molecule has 1 rings (SSSR count). The van der Waals surface area contributed by atoms with Crippen LogP contribution in [0.4, 0.5) is 0 Å². The molecular formula is C10H16ClN3O2. The predicted molar refractivity (Wildman–Crippen MR) is 61.0 cm³/mol. The van der Waals surface area contributed by atoms with Crippen molar-refractivity contribution in [1.82, 2.24) is 15.0 Å². The van der Waals surface area contributed by atoms with Gasteiger partial charge in [-0.25, -0.2) is 0 Å². The van der Waals surface area contributed by atoms with Crippen LogP contribution in [0.5, 0.6) is 12.0 Å². The SMILES string of the molecule is CCOc1nc(Cl)nc(OCCC(C)C)n1. The lowest BCUT2D eigenvalue weighted by Crippen LogP contribution is -2.06. The van der Waals surface area contributed by atoms with Gasteiger partial charge in [0.2, 0.25) is 5.28 Å². The van der Waals surface area contributed by atoms with Gasteiger partial charge in [-0.2, -0.15) is 9.97 Å². The highest BCUT2D eigenvalue weighted by molar-refractivity contribution is 6.28. The van der Waals surface area contributed by atoms with Gasteiger partial charge in [0.15, 0.2) is 0 Å². The van der Waals surface area contributed by atoms with E-state index in [2.05, 4.69) is 28.8 Å². The van der Waals surface area contributed by atoms with Gasteiger partial charge in [0, 0.05) is 0 Å². The predicted octanol–water partition coefficient (Wildman–Crippen LogP) is 2.35. The number of halogens is 1. The first-order chi connectivity index (χ1) is 7.61. The van der Waals surface area contributed by atoms with Crippen LogP contribution >= 0.6 is 11.6 Å². The molecular weight excluding hydrogens is 230 g/mol. The summed E-state index contributed by atoms with van der Waals surface area (Å²) in [6.45, 7) is 7.12. The summed E-state index contributed by atoms with van der Waals surface area (Å²) in [5.74, 6) is 0.573. The van der Waals surface area contributed by atoms with Crippen LogP contribution in [0.3, 0.4) is 0 Å². The summed E-state index contributed by atoms with van der Waals surface area (Å²) in [6.07, 6.45) is 0.938. The van der Waals surface area contributed by atoms with Crippen LogP contribution in [0.25, 0.3) is 0 Å². The first-order valence-corrected chi connectivity index (χ1v) is 5.66. The molecule has 1 aromatic heterocycles. The molecule has 1 heterocycles. The molecule has 6 heteroatoms. The van der Waals surface area contributed by atoms with Crippen molar-refractivity contribution in [2.75, 3.05) is 13.2 Å². The molecule has 0 radical (unpaired) electrons. The van der Waals surface area contributed by atoms with Crippen molar-refractivity contribution in [3.63, 3.8) is 0 Å². The van der Waals surface area contributed by atoms with Crippen LogP contribution in [-0.4, -0.2) is 28.2 Å². The van der Waals surface area contributed by atoms with Gasteiger partial charge in [0.1, 0.15) is 0 Å². The molecule has 0 fully saturated rings. The maximum absolute atomic E-state index is 5.70. The summed E-state index contributed by atoms with van der Waals surface area (Å²) >= 11 is 5.70. The quantitative estimate of drug-likeness (QED) is 0.770. The van der Waals surface area contributed by atoms with E-state index in [0.29, 0.717) is 19.1 Å². The van der Waals surface area contributed by atoms with E-state index in [1.807, 2.05) is 6.92 Å². The number of hydrogen-bond donors (Lipinski definition) is 0. The monoisotopic (exact) mass is 245 g/mol. The Labute approximate surface area is 100 Å². The maximum atomic E-state index is 5.70. The molecule has 0 unspecified atom stereocenters. The number of ether oxygens (including phenoxy) is 2. The lowest BCUT2D eigenvalue weighted by Gasteiger charge is -2.07. The molecule has 1 aromatic rings. The molecule has 0 saturated heterocycles. The average molecular weight is 246 g/mol. The molecule has 0 atom stereocenters. The summed E-state index contributed by atoms with van der Waals surface area (Å²) in [5, 5.41) is 0.0815. The Kier molecular flexibility index (Phi) is 5.25. The lowest BCUT2D eigenvalue weighted by molar-refractivity contribution is 0.253. The third-order valence-electron chi connectivity index (χ3n) is 1.77. The zero-order valence-electron chi connectivity index (χ0n) is 9.73. The summed E-state index contributed by atoms with van der Waals surface area (Å²) in [6, 6.07) is 0.408. The molecule has 0 aliphatic rings. The topological polar surface area (TPSA) is 57.1 Å². The molecule has 0 aromatic carbocycles. The lowest BCUT2D eigenvalue weighted by atomic mass is 10.1. The van der Waals surface area contributed by atoms with Crippen LogP contribution in [0.1, 0.15) is 27.2 Å². The Morgan fingerprint density at radius 2 is 1.75 bits per heavy atom. The largest absolute Gasteiger partial charge is 0.464 e. The zero-order chi connectivity index (χ0) is 12.0. The van der Waals surface area contributed by atoms with E-state index >= 15 is 0 Å². The Balaban J connectivity index is 2.58. The van der Waals surface area contributed by atoms with Crippen LogP contribution in [0.2, 0.25) is 5.28 Å². The summed E-state index contributed by atoms with van der Waals surface area (Å²) in [7, 11) is 0. The molecule has 0 bridgehead atoms. The Morgan fingerprint density at radius 3 is 2.31 bits per heavy atom. The first-order valence-electron chi connectivity index (χ1n) is 5.29. The molecule has 16 heavy (non-hydrogen) atoms. The molecule has 0 spiro atoms. The highest BCUT2D eigenvalue weighted by atomic mass is 35.5. The second kappa shape index (κ2) is 6.48. The van der Waals surface area contributed by atoms with E-state index in [-0.39, 0.29) is 17.3 Å². The van der Waals surface area contributed by atoms with Crippen molar-refractivity contribution in [2.24, 2.45) is 5.92 Å². The highest BCUT2D eigenvalue weighted by Crippen LogP contribution is 2.13. The summed E-state index contributed by atoms with van der Waals surface area (Å²) < 4.78 is 10.5. The van der Waals surface area contributed by atoms with Gasteiger partial charge >= 0.3 is 12.0 Å². The van der Waals surface area contributed by atoms with Gasteiger partial charge in [0.05, 0.1) is 13.2 Å². The molecule has 0 saturated carbocycles. The molecule has 0 N–H and O–H groups in total. The summed E-state index contributed by atoms with van der Waals surface area (Å²) in [5.41, 5.74) is 0. The Morgan fingerprint density at radius 1 is 1.12 bits per heavy atom. The number of hydrogen-bond acceptors (Lipinski definition) is 5. The second-order valence-corrected chi connectivity index (χ2v) is 3.97. The fraction of sp³-hybridized carbons (Fsp3) is 0.700. The van der Waals surface area contributed by atoms with Gasteiger partial charge in [-0.1, -0.05) is 13.8 Å². The third kappa shape index (κ3) is 4.61.